The van der Waals surface area contributed by atoms with Crippen LogP contribution >= 0.6 is 0 Å². The molecular formula is C14H25NO2. The summed E-state index contributed by atoms with van der Waals surface area (Å²) in [5, 5.41) is 3.38. The molecule has 98 valence electrons. The fraction of sp³-hybridized carbons (Fsp3) is 0.929. The molecule has 2 aliphatic carbocycles. The first kappa shape index (κ1) is 12.9. The molecule has 1 atom stereocenters. The molecule has 0 saturated heterocycles. The van der Waals surface area contributed by atoms with E-state index in [4.69, 9.17) is 4.74 Å². The van der Waals surface area contributed by atoms with Crippen molar-refractivity contribution in [2.24, 2.45) is 11.8 Å². The van der Waals surface area contributed by atoms with E-state index in [1.807, 2.05) is 0 Å². The monoisotopic (exact) mass is 239 g/mol. The third-order valence-corrected chi connectivity index (χ3v) is 4.18. The van der Waals surface area contributed by atoms with Gasteiger partial charge >= 0.3 is 5.97 Å². The zero-order valence-corrected chi connectivity index (χ0v) is 10.9. The zero-order valence-electron chi connectivity index (χ0n) is 10.9. The van der Waals surface area contributed by atoms with Crippen molar-refractivity contribution in [3.8, 4) is 0 Å². The number of rotatable bonds is 7. The van der Waals surface area contributed by atoms with Crippen LogP contribution in [0.4, 0.5) is 0 Å². The lowest BCUT2D eigenvalue weighted by Crippen LogP contribution is -2.40. The first-order valence-corrected chi connectivity index (χ1v) is 7.12. The Kier molecular flexibility index (Phi) is 4.84. The molecule has 1 unspecified atom stereocenters. The number of carbonyl (C=O) groups excluding carboxylic acids is 1. The van der Waals surface area contributed by atoms with Crippen LogP contribution in [0.5, 0.6) is 0 Å². The Bertz CT molecular complexity index is 245. The molecule has 2 aliphatic rings. The Balaban J connectivity index is 1.60. The molecule has 0 spiro atoms. The van der Waals surface area contributed by atoms with Crippen molar-refractivity contribution in [1.82, 2.24) is 5.32 Å². The van der Waals surface area contributed by atoms with Crippen LogP contribution in [-0.4, -0.2) is 25.7 Å². The van der Waals surface area contributed by atoms with Crippen LogP contribution in [0.1, 0.15) is 51.4 Å². The van der Waals surface area contributed by atoms with E-state index in [0.717, 1.165) is 12.5 Å². The third-order valence-electron chi connectivity index (χ3n) is 4.18. The number of nitrogens with one attached hydrogen (secondary N) is 1. The average Bonchev–Trinajstić information content (AvgIpc) is 3.04. The number of hydrogen-bond donors (Lipinski definition) is 1. The van der Waals surface area contributed by atoms with Gasteiger partial charge in [-0.2, -0.15) is 0 Å². The first-order chi connectivity index (χ1) is 8.31. The summed E-state index contributed by atoms with van der Waals surface area (Å²) in [6, 6.07) is -0.0384. The lowest BCUT2D eigenvalue weighted by atomic mass is 10.0. The van der Waals surface area contributed by atoms with Crippen LogP contribution in [-0.2, 0) is 9.53 Å². The fourth-order valence-corrected chi connectivity index (χ4v) is 2.95. The number of esters is 1. The molecule has 0 radical (unpaired) electrons. The molecule has 0 amide bonds. The summed E-state index contributed by atoms with van der Waals surface area (Å²) in [5.41, 5.74) is 0. The summed E-state index contributed by atoms with van der Waals surface area (Å²) in [7, 11) is 1.48. The molecule has 3 heteroatoms. The SMILES string of the molecule is COC(=O)C(NCCCC1CCCC1)C1CC1. The lowest BCUT2D eigenvalue weighted by molar-refractivity contribution is -0.143. The van der Waals surface area contributed by atoms with Gasteiger partial charge in [0.15, 0.2) is 0 Å². The predicted octanol–water partition coefficient (Wildman–Crippen LogP) is 2.50. The van der Waals surface area contributed by atoms with Crippen LogP contribution in [0.25, 0.3) is 0 Å². The molecule has 0 bridgehead atoms. The molecule has 0 aromatic carbocycles. The topological polar surface area (TPSA) is 38.3 Å². The molecule has 0 aromatic rings. The molecular weight excluding hydrogens is 214 g/mol. The standard InChI is InChI=1S/C14H25NO2/c1-17-14(16)13(12-8-9-12)15-10-4-7-11-5-2-3-6-11/h11-13,15H,2-10H2,1H3. The van der Waals surface area contributed by atoms with Crippen LogP contribution in [0.15, 0.2) is 0 Å². The molecule has 2 saturated carbocycles. The van der Waals surface area contributed by atoms with E-state index < -0.39 is 0 Å². The van der Waals surface area contributed by atoms with Gasteiger partial charge in [0.1, 0.15) is 6.04 Å². The van der Waals surface area contributed by atoms with Crippen LogP contribution in [0, 0.1) is 11.8 Å². The van der Waals surface area contributed by atoms with E-state index >= 15 is 0 Å². The summed E-state index contributed by atoms with van der Waals surface area (Å²) in [5.74, 6) is 1.41. The van der Waals surface area contributed by atoms with Gasteiger partial charge in [-0.05, 0) is 44.1 Å². The molecule has 3 nitrogen and oxygen atoms in total. The van der Waals surface area contributed by atoms with Gasteiger partial charge in [-0.25, -0.2) is 0 Å². The van der Waals surface area contributed by atoms with E-state index in [2.05, 4.69) is 5.32 Å². The van der Waals surface area contributed by atoms with Gasteiger partial charge in [-0.1, -0.05) is 25.7 Å². The normalized spacial score (nSPS) is 22.6. The van der Waals surface area contributed by atoms with Gasteiger partial charge in [-0.15, -0.1) is 0 Å². The average molecular weight is 239 g/mol. The second-order valence-electron chi connectivity index (χ2n) is 5.59. The Morgan fingerprint density at radius 2 is 2.00 bits per heavy atom. The van der Waals surface area contributed by atoms with Crippen molar-refractivity contribution < 1.29 is 9.53 Å². The third kappa shape index (κ3) is 3.98. The first-order valence-electron chi connectivity index (χ1n) is 7.12. The smallest absolute Gasteiger partial charge is 0.323 e. The Morgan fingerprint density at radius 3 is 2.59 bits per heavy atom. The van der Waals surface area contributed by atoms with Gasteiger partial charge in [0.2, 0.25) is 0 Å². The van der Waals surface area contributed by atoms with Crippen molar-refractivity contribution in [3.63, 3.8) is 0 Å². The maximum atomic E-state index is 11.6. The minimum atomic E-state index is -0.0756. The maximum absolute atomic E-state index is 11.6. The second kappa shape index (κ2) is 6.39. The quantitative estimate of drug-likeness (QED) is 0.548. The summed E-state index contributed by atoms with van der Waals surface area (Å²) in [4.78, 5) is 11.6. The second-order valence-corrected chi connectivity index (χ2v) is 5.59. The maximum Gasteiger partial charge on any atom is 0.323 e. The highest BCUT2D eigenvalue weighted by Crippen LogP contribution is 2.33. The summed E-state index contributed by atoms with van der Waals surface area (Å²) < 4.78 is 4.84. The molecule has 0 aromatic heterocycles. The van der Waals surface area contributed by atoms with E-state index in [1.54, 1.807) is 0 Å². The predicted molar refractivity (Wildman–Crippen MR) is 67.7 cm³/mol. The summed E-state index contributed by atoms with van der Waals surface area (Å²) in [6.07, 6.45) is 10.6. The fourth-order valence-electron chi connectivity index (χ4n) is 2.95. The van der Waals surface area contributed by atoms with Crippen LogP contribution in [0.3, 0.4) is 0 Å². The highest BCUT2D eigenvalue weighted by atomic mass is 16.5. The van der Waals surface area contributed by atoms with Crippen molar-refractivity contribution in [1.29, 1.82) is 0 Å². The van der Waals surface area contributed by atoms with E-state index in [9.17, 15) is 4.79 Å². The lowest BCUT2D eigenvalue weighted by Gasteiger charge is -2.16. The Labute approximate surface area is 104 Å². The van der Waals surface area contributed by atoms with Gasteiger partial charge < -0.3 is 10.1 Å². The molecule has 2 rings (SSSR count). The van der Waals surface area contributed by atoms with Crippen molar-refractivity contribution in [3.05, 3.63) is 0 Å². The molecule has 0 heterocycles. The Morgan fingerprint density at radius 1 is 1.29 bits per heavy atom. The minimum Gasteiger partial charge on any atom is -0.468 e. The van der Waals surface area contributed by atoms with Crippen LogP contribution < -0.4 is 5.32 Å². The molecule has 2 fully saturated rings. The van der Waals surface area contributed by atoms with Crippen molar-refractivity contribution in [2.75, 3.05) is 13.7 Å². The number of methoxy groups -OCH3 is 1. The Hall–Kier alpha value is -0.570. The summed E-state index contributed by atoms with van der Waals surface area (Å²) in [6.45, 7) is 0.965. The minimum absolute atomic E-state index is 0.0384. The van der Waals surface area contributed by atoms with E-state index in [1.165, 1.54) is 58.5 Å². The molecule has 17 heavy (non-hydrogen) atoms. The summed E-state index contributed by atoms with van der Waals surface area (Å²) >= 11 is 0. The zero-order chi connectivity index (χ0) is 12.1. The van der Waals surface area contributed by atoms with Gasteiger partial charge in [0.05, 0.1) is 7.11 Å². The highest BCUT2D eigenvalue weighted by Gasteiger charge is 2.36. The largest absolute Gasteiger partial charge is 0.468 e. The van der Waals surface area contributed by atoms with Gasteiger partial charge in [0, 0.05) is 0 Å². The van der Waals surface area contributed by atoms with E-state index in [0.29, 0.717) is 5.92 Å². The van der Waals surface area contributed by atoms with E-state index in [-0.39, 0.29) is 12.0 Å². The van der Waals surface area contributed by atoms with Gasteiger partial charge in [-0.3, -0.25) is 4.79 Å². The molecule has 0 aliphatic heterocycles. The van der Waals surface area contributed by atoms with Crippen molar-refractivity contribution >= 4 is 5.97 Å². The highest BCUT2D eigenvalue weighted by molar-refractivity contribution is 5.76. The number of ether oxygens (including phenoxy) is 1. The molecule has 1 N–H and O–H groups in total. The number of hydrogen-bond acceptors (Lipinski definition) is 3. The number of carbonyl (C=O) groups is 1. The van der Waals surface area contributed by atoms with Gasteiger partial charge in [0.25, 0.3) is 0 Å². The van der Waals surface area contributed by atoms with Crippen molar-refractivity contribution in [2.45, 2.75) is 57.4 Å². The van der Waals surface area contributed by atoms with Crippen LogP contribution in [0.2, 0.25) is 0 Å².